The van der Waals surface area contributed by atoms with Crippen LogP contribution in [0.2, 0.25) is 0 Å². The highest BCUT2D eigenvalue weighted by Crippen LogP contribution is 2.39. The number of hydrogen-bond donors (Lipinski definition) is 4. The van der Waals surface area contributed by atoms with E-state index in [0.717, 1.165) is 5.56 Å². The average Bonchev–Trinajstić information content (AvgIpc) is 3.12. The van der Waals surface area contributed by atoms with Crippen molar-refractivity contribution in [2.75, 3.05) is 20.8 Å². The Labute approximate surface area is 185 Å². The summed E-state index contributed by atoms with van der Waals surface area (Å²) in [6.07, 6.45) is -3.16. The van der Waals surface area contributed by atoms with E-state index in [1.54, 1.807) is 25.3 Å². The first-order valence-corrected chi connectivity index (χ1v) is 10.2. The Morgan fingerprint density at radius 1 is 1.06 bits per heavy atom. The highest BCUT2D eigenvalue weighted by atomic mass is 16.6. The molecule has 5 atom stereocenters. The third-order valence-electron chi connectivity index (χ3n) is 5.70. The quantitative estimate of drug-likeness (QED) is 0.531. The third kappa shape index (κ3) is 3.91. The van der Waals surface area contributed by atoms with Gasteiger partial charge in [0.15, 0.2) is 6.23 Å². The Kier molecular flexibility index (Phi) is 6.33. The van der Waals surface area contributed by atoms with Gasteiger partial charge in [0.05, 0.1) is 32.6 Å². The van der Waals surface area contributed by atoms with Crippen LogP contribution in [-0.4, -0.2) is 71.6 Å². The van der Waals surface area contributed by atoms with Crippen LogP contribution < -0.4 is 14.8 Å². The number of aliphatic hydroxyl groups excluding tert-OH is 3. The number of benzene rings is 2. The van der Waals surface area contributed by atoms with Crippen molar-refractivity contribution in [1.29, 1.82) is 0 Å². The molecule has 1 fully saturated rings. The topological polar surface area (TPSA) is 121 Å². The lowest BCUT2D eigenvalue weighted by Crippen LogP contribution is -2.53. The van der Waals surface area contributed by atoms with Gasteiger partial charge in [0.1, 0.15) is 29.8 Å². The first-order valence-electron chi connectivity index (χ1n) is 10.2. The van der Waals surface area contributed by atoms with Crippen molar-refractivity contribution in [3.05, 3.63) is 65.7 Å². The van der Waals surface area contributed by atoms with E-state index in [1.807, 2.05) is 36.4 Å². The molecule has 5 unspecified atom stereocenters. The summed E-state index contributed by atoms with van der Waals surface area (Å²) in [5, 5.41) is 33.2. The van der Waals surface area contributed by atoms with Crippen LogP contribution in [0.3, 0.4) is 0 Å². The zero-order valence-electron chi connectivity index (χ0n) is 17.7. The van der Waals surface area contributed by atoms with E-state index in [1.165, 1.54) is 12.0 Å². The van der Waals surface area contributed by atoms with Crippen molar-refractivity contribution in [3.63, 3.8) is 0 Å². The smallest absolute Gasteiger partial charge is 0.324 e. The van der Waals surface area contributed by atoms with Gasteiger partial charge in [-0.1, -0.05) is 30.3 Å². The fourth-order valence-corrected chi connectivity index (χ4v) is 4.01. The molecule has 2 aromatic rings. The first kappa shape index (κ1) is 22.1. The molecule has 4 rings (SSSR count). The summed E-state index contributed by atoms with van der Waals surface area (Å²) in [6, 6.07) is 13.6. The number of nitrogens with zero attached hydrogens (tertiary/aromatic N) is 1. The lowest BCUT2D eigenvalue weighted by molar-refractivity contribution is -0.0626. The summed E-state index contributed by atoms with van der Waals surface area (Å²) >= 11 is 0. The number of nitrogens with one attached hydrogen (secondary N) is 1. The van der Waals surface area contributed by atoms with Gasteiger partial charge >= 0.3 is 6.03 Å². The second-order valence-corrected chi connectivity index (χ2v) is 7.55. The number of carbonyl (C=O) groups is 1. The Morgan fingerprint density at radius 3 is 2.44 bits per heavy atom. The Bertz CT molecular complexity index is 997. The SMILES string of the molecule is COc1ccc(C2=CC(c3ccccc3)NC(=O)N2C2OC(CO)C(O)C2O)c(OC)c1. The van der Waals surface area contributed by atoms with Gasteiger partial charge in [0, 0.05) is 11.6 Å². The second-order valence-electron chi connectivity index (χ2n) is 7.55. The molecular weight excluding hydrogens is 416 g/mol. The molecule has 9 heteroatoms. The van der Waals surface area contributed by atoms with Crippen molar-refractivity contribution in [1.82, 2.24) is 10.2 Å². The highest BCUT2D eigenvalue weighted by molar-refractivity contribution is 5.90. The zero-order chi connectivity index (χ0) is 22.8. The molecule has 0 bridgehead atoms. The number of ether oxygens (including phenoxy) is 3. The molecule has 0 aromatic heterocycles. The maximum absolute atomic E-state index is 13.3. The van der Waals surface area contributed by atoms with Crippen LogP contribution in [0.5, 0.6) is 11.5 Å². The van der Waals surface area contributed by atoms with Gasteiger partial charge in [0.2, 0.25) is 0 Å². The van der Waals surface area contributed by atoms with Crippen LogP contribution in [0.4, 0.5) is 4.79 Å². The number of aliphatic hydroxyl groups is 3. The van der Waals surface area contributed by atoms with E-state index in [-0.39, 0.29) is 0 Å². The largest absolute Gasteiger partial charge is 0.497 e. The van der Waals surface area contributed by atoms with Crippen LogP contribution in [0, 0.1) is 0 Å². The maximum atomic E-state index is 13.3. The van der Waals surface area contributed by atoms with Crippen molar-refractivity contribution < 1.29 is 34.3 Å². The highest BCUT2D eigenvalue weighted by Gasteiger charge is 2.49. The second kappa shape index (κ2) is 9.17. The standard InChI is InChI=1S/C23H26N2O7/c1-30-14-8-9-15(18(10-14)31-2)17-11-16(13-6-4-3-5-7-13)24-23(29)25(17)22-21(28)20(27)19(12-26)32-22/h3-11,16,19-22,26-28H,12H2,1-2H3,(H,24,29). The molecule has 0 radical (unpaired) electrons. The molecule has 2 aromatic carbocycles. The Balaban J connectivity index is 1.83. The molecule has 32 heavy (non-hydrogen) atoms. The molecule has 0 aliphatic carbocycles. The van der Waals surface area contributed by atoms with Crippen LogP contribution in [0.1, 0.15) is 17.2 Å². The number of hydrogen-bond acceptors (Lipinski definition) is 7. The Hall–Kier alpha value is -3.11. The van der Waals surface area contributed by atoms with E-state index >= 15 is 0 Å². The molecule has 4 N–H and O–H groups in total. The molecule has 2 aliphatic heterocycles. The molecule has 9 nitrogen and oxygen atoms in total. The number of carbonyl (C=O) groups excluding carboxylic acids is 1. The van der Waals surface area contributed by atoms with E-state index in [0.29, 0.717) is 22.8 Å². The van der Waals surface area contributed by atoms with Gasteiger partial charge in [-0.25, -0.2) is 4.79 Å². The van der Waals surface area contributed by atoms with Gasteiger partial charge in [0.25, 0.3) is 0 Å². The predicted octanol–water partition coefficient (Wildman–Crippen LogP) is 1.25. The first-order chi connectivity index (χ1) is 15.5. The van der Waals surface area contributed by atoms with Crippen molar-refractivity contribution in [2.24, 2.45) is 0 Å². The number of urea groups is 1. The minimum absolute atomic E-state index is 0.428. The van der Waals surface area contributed by atoms with Crippen molar-refractivity contribution in [2.45, 2.75) is 30.6 Å². The lowest BCUT2D eigenvalue weighted by Gasteiger charge is -2.38. The summed E-state index contributed by atoms with van der Waals surface area (Å²) in [7, 11) is 3.05. The van der Waals surface area contributed by atoms with Crippen molar-refractivity contribution >= 4 is 11.7 Å². The van der Waals surface area contributed by atoms with Gasteiger partial charge in [-0.05, 0) is 23.8 Å². The predicted molar refractivity (Wildman–Crippen MR) is 115 cm³/mol. The molecule has 2 amide bonds. The van der Waals surface area contributed by atoms with Gasteiger partial charge < -0.3 is 34.8 Å². The third-order valence-corrected chi connectivity index (χ3v) is 5.70. The maximum Gasteiger partial charge on any atom is 0.324 e. The number of amides is 2. The van der Waals surface area contributed by atoms with Gasteiger partial charge in [-0.2, -0.15) is 0 Å². The minimum atomic E-state index is -1.42. The fraction of sp³-hybridized carbons (Fsp3) is 0.348. The zero-order valence-corrected chi connectivity index (χ0v) is 17.7. The summed E-state index contributed by atoms with van der Waals surface area (Å²) in [5.41, 5.74) is 1.87. The molecule has 0 saturated carbocycles. The van der Waals surface area contributed by atoms with Crippen LogP contribution in [0.15, 0.2) is 54.6 Å². The molecule has 2 aliphatic rings. The van der Waals surface area contributed by atoms with E-state index in [2.05, 4.69) is 5.32 Å². The van der Waals surface area contributed by atoms with Crippen LogP contribution in [0.25, 0.3) is 5.70 Å². The van der Waals surface area contributed by atoms with E-state index in [9.17, 15) is 20.1 Å². The number of rotatable bonds is 6. The minimum Gasteiger partial charge on any atom is -0.497 e. The van der Waals surface area contributed by atoms with Crippen LogP contribution in [-0.2, 0) is 4.74 Å². The van der Waals surface area contributed by atoms with Gasteiger partial charge in [-0.3, -0.25) is 4.90 Å². The van der Waals surface area contributed by atoms with E-state index in [4.69, 9.17) is 14.2 Å². The van der Waals surface area contributed by atoms with Gasteiger partial charge in [-0.15, -0.1) is 0 Å². The summed E-state index contributed by atoms with van der Waals surface area (Å²) in [4.78, 5) is 14.5. The van der Waals surface area contributed by atoms with E-state index < -0.39 is 43.2 Å². The Morgan fingerprint density at radius 2 is 1.81 bits per heavy atom. The fourth-order valence-electron chi connectivity index (χ4n) is 4.01. The van der Waals surface area contributed by atoms with Crippen molar-refractivity contribution in [3.8, 4) is 11.5 Å². The monoisotopic (exact) mass is 442 g/mol. The number of methoxy groups -OCH3 is 2. The molecular formula is C23H26N2O7. The summed E-state index contributed by atoms with van der Waals surface area (Å²) in [5.74, 6) is 1.03. The summed E-state index contributed by atoms with van der Waals surface area (Å²) < 4.78 is 16.5. The average molecular weight is 442 g/mol. The molecule has 0 spiro atoms. The normalized spacial score (nSPS) is 27.7. The molecule has 2 heterocycles. The summed E-state index contributed by atoms with van der Waals surface area (Å²) in [6.45, 7) is -0.498. The lowest BCUT2D eigenvalue weighted by atomic mass is 9.99. The molecule has 1 saturated heterocycles. The molecule has 170 valence electrons. The van der Waals surface area contributed by atoms with Crippen LogP contribution >= 0.6 is 0 Å².